The van der Waals surface area contributed by atoms with E-state index in [1.54, 1.807) is 12.3 Å². The van der Waals surface area contributed by atoms with Crippen molar-refractivity contribution in [3.05, 3.63) is 60.1 Å². The fourth-order valence-electron chi connectivity index (χ4n) is 1.65. The first kappa shape index (κ1) is 14.5. The first-order valence-corrected chi connectivity index (χ1v) is 6.51. The van der Waals surface area contributed by atoms with Gasteiger partial charge in [-0.2, -0.15) is 0 Å². The fraction of sp³-hybridized carbons (Fsp3) is 0.118. The second-order valence-corrected chi connectivity index (χ2v) is 4.25. The Kier molecular flexibility index (Phi) is 5.25. The Labute approximate surface area is 123 Å². The first-order valence-electron chi connectivity index (χ1n) is 6.51. The number of furan rings is 1. The van der Waals surface area contributed by atoms with E-state index in [9.17, 15) is 4.79 Å². The molecule has 0 radical (unpaired) electrons. The van der Waals surface area contributed by atoms with Crippen LogP contribution < -0.4 is 5.32 Å². The van der Waals surface area contributed by atoms with Crippen LogP contribution in [0.2, 0.25) is 0 Å². The Hall–Kier alpha value is -2.93. The zero-order valence-corrected chi connectivity index (χ0v) is 11.4. The van der Waals surface area contributed by atoms with Crippen LogP contribution in [0, 0.1) is 11.8 Å². The van der Waals surface area contributed by atoms with Gasteiger partial charge in [0.25, 0.3) is 0 Å². The molecule has 0 aliphatic heterocycles. The predicted molar refractivity (Wildman–Crippen MR) is 81.8 cm³/mol. The molecule has 0 bridgehead atoms. The van der Waals surface area contributed by atoms with Crippen LogP contribution in [0.25, 0.3) is 6.08 Å². The second kappa shape index (κ2) is 7.61. The summed E-state index contributed by atoms with van der Waals surface area (Å²) in [5.41, 5.74) is 1.82. The van der Waals surface area contributed by atoms with E-state index in [2.05, 4.69) is 17.2 Å². The van der Waals surface area contributed by atoms with Gasteiger partial charge in [0.05, 0.1) is 6.26 Å². The van der Waals surface area contributed by atoms with Crippen molar-refractivity contribution in [1.29, 1.82) is 0 Å². The summed E-state index contributed by atoms with van der Waals surface area (Å²) in [6.45, 7) is 0.734. The fourth-order valence-corrected chi connectivity index (χ4v) is 1.65. The van der Waals surface area contributed by atoms with E-state index in [0.717, 1.165) is 23.9 Å². The zero-order chi connectivity index (χ0) is 14.9. The van der Waals surface area contributed by atoms with Crippen LogP contribution in [0.4, 0.5) is 5.69 Å². The third kappa shape index (κ3) is 5.29. The highest BCUT2D eigenvalue weighted by Crippen LogP contribution is 2.10. The van der Waals surface area contributed by atoms with Gasteiger partial charge < -0.3 is 14.8 Å². The lowest BCUT2D eigenvalue weighted by Gasteiger charge is -2.03. The highest BCUT2D eigenvalue weighted by Gasteiger charge is 1.92. The molecule has 0 fully saturated rings. The summed E-state index contributed by atoms with van der Waals surface area (Å²) in [5, 5.41) is 11.8. The number of carboxylic acid groups (broad SMARTS) is 1. The van der Waals surface area contributed by atoms with Crippen molar-refractivity contribution in [3.8, 4) is 11.8 Å². The molecule has 21 heavy (non-hydrogen) atoms. The number of anilines is 1. The molecule has 0 atom stereocenters. The van der Waals surface area contributed by atoms with Crippen molar-refractivity contribution in [2.24, 2.45) is 0 Å². The molecule has 2 N–H and O–H groups in total. The summed E-state index contributed by atoms with van der Waals surface area (Å²) in [7, 11) is 0. The van der Waals surface area contributed by atoms with Crippen molar-refractivity contribution in [1.82, 2.24) is 0 Å². The Balaban J connectivity index is 1.77. The Morgan fingerprint density at radius 1 is 1.29 bits per heavy atom. The zero-order valence-electron chi connectivity index (χ0n) is 11.4. The quantitative estimate of drug-likeness (QED) is 0.502. The molecule has 1 aromatic carbocycles. The Morgan fingerprint density at radius 2 is 2.10 bits per heavy atom. The topological polar surface area (TPSA) is 62.5 Å². The molecule has 4 heteroatoms. The van der Waals surface area contributed by atoms with Crippen LogP contribution >= 0.6 is 0 Å². The average molecular weight is 281 g/mol. The van der Waals surface area contributed by atoms with Crippen molar-refractivity contribution in [2.45, 2.75) is 6.42 Å². The maximum atomic E-state index is 10.4. The molecule has 1 heterocycles. The van der Waals surface area contributed by atoms with E-state index in [4.69, 9.17) is 9.52 Å². The van der Waals surface area contributed by atoms with Gasteiger partial charge in [-0.05, 0) is 41.8 Å². The lowest BCUT2D eigenvalue weighted by Crippen LogP contribution is -1.99. The van der Waals surface area contributed by atoms with Gasteiger partial charge in [-0.3, -0.25) is 0 Å². The van der Waals surface area contributed by atoms with Crippen LogP contribution in [0.1, 0.15) is 17.7 Å². The molecule has 0 unspecified atom stereocenters. The number of aliphatic carboxylic acids is 1. The third-order valence-electron chi connectivity index (χ3n) is 2.64. The standard InChI is InChI=1S/C17H15NO3/c19-17(20)11-8-14-6-9-15(10-7-14)18-12-2-1-4-16-5-3-13-21-16/h3,5-11,13,18H,2,12H2,(H,19,20)/b11-8+. The molecule has 0 saturated heterocycles. The van der Waals surface area contributed by atoms with Crippen molar-refractivity contribution in [3.63, 3.8) is 0 Å². The molecule has 4 nitrogen and oxygen atoms in total. The molecule has 0 aliphatic rings. The van der Waals surface area contributed by atoms with Gasteiger partial charge in [0.1, 0.15) is 0 Å². The van der Waals surface area contributed by atoms with Gasteiger partial charge in [0.15, 0.2) is 5.76 Å². The van der Waals surface area contributed by atoms with E-state index < -0.39 is 5.97 Å². The Morgan fingerprint density at radius 3 is 2.76 bits per heavy atom. The number of nitrogens with one attached hydrogen (secondary N) is 1. The SMILES string of the molecule is O=C(O)/C=C/c1ccc(NCCC#Cc2ccco2)cc1. The second-order valence-electron chi connectivity index (χ2n) is 4.25. The Bertz CT molecular complexity index is 658. The highest BCUT2D eigenvalue weighted by atomic mass is 16.4. The number of hydrogen-bond donors (Lipinski definition) is 2. The van der Waals surface area contributed by atoms with Crippen LogP contribution in [-0.4, -0.2) is 17.6 Å². The molecule has 1 aromatic heterocycles. The average Bonchev–Trinajstić information content (AvgIpc) is 2.99. The summed E-state index contributed by atoms with van der Waals surface area (Å²) in [4.78, 5) is 10.4. The maximum absolute atomic E-state index is 10.4. The van der Waals surface area contributed by atoms with Crippen LogP contribution in [-0.2, 0) is 4.79 Å². The monoisotopic (exact) mass is 281 g/mol. The summed E-state index contributed by atoms with van der Waals surface area (Å²) in [6, 6.07) is 11.2. The van der Waals surface area contributed by atoms with Gasteiger partial charge in [0, 0.05) is 24.7 Å². The van der Waals surface area contributed by atoms with Crippen LogP contribution in [0.3, 0.4) is 0 Å². The first-order chi connectivity index (χ1) is 10.2. The summed E-state index contributed by atoms with van der Waals surface area (Å²) >= 11 is 0. The molecular weight excluding hydrogens is 266 g/mol. The number of rotatable bonds is 5. The molecular formula is C17H15NO3. The highest BCUT2D eigenvalue weighted by molar-refractivity contribution is 5.85. The molecule has 0 amide bonds. The minimum atomic E-state index is -0.952. The molecule has 2 rings (SSSR count). The summed E-state index contributed by atoms with van der Waals surface area (Å²) in [6.07, 6.45) is 4.98. The summed E-state index contributed by atoms with van der Waals surface area (Å²) in [5.74, 6) is 5.66. The van der Waals surface area contributed by atoms with Crippen molar-refractivity contribution in [2.75, 3.05) is 11.9 Å². The lowest BCUT2D eigenvalue weighted by atomic mass is 10.2. The predicted octanol–water partition coefficient (Wildman–Crippen LogP) is 3.23. The number of hydrogen-bond acceptors (Lipinski definition) is 3. The smallest absolute Gasteiger partial charge is 0.328 e. The van der Waals surface area contributed by atoms with E-state index >= 15 is 0 Å². The normalized spacial score (nSPS) is 10.1. The van der Waals surface area contributed by atoms with E-state index in [1.165, 1.54) is 0 Å². The molecule has 0 spiro atoms. The van der Waals surface area contributed by atoms with Gasteiger partial charge >= 0.3 is 5.97 Å². The minimum absolute atomic E-state index is 0.671. The van der Waals surface area contributed by atoms with E-state index in [0.29, 0.717) is 12.2 Å². The maximum Gasteiger partial charge on any atom is 0.328 e. The van der Waals surface area contributed by atoms with E-state index in [1.807, 2.05) is 36.4 Å². The minimum Gasteiger partial charge on any atom is -0.478 e. The molecule has 0 aliphatic carbocycles. The van der Waals surface area contributed by atoms with E-state index in [-0.39, 0.29) is 0 Å². The lowest BCUT2D eigenvalue weighted by molar-refractivity contribution is -0.131. The number of carboxylic acids is 1. The van der Waals surface area contributed by atoms with Gasteiger partial charge in [-0.25, -0.2) is 4.79 Å². The van der Waals surface area contributed by atoms with Gasteiger partial charge in [0.2, 0.25) is 0 Å². The van der Waals surface area contributed by atoms with Gasteiger partial charge in [-0.1, -0.05) is 18.1 Å². The summed E-state index contributed by atoms with van der Waals surface area (Å²) < 4.78 is 5.11. The van der Waals surface area contributed by atoms with Crippen molar-refractivity contribution >= 4 is 17.7 Å². The number of carbonyl (C=O) groups is 1. The van der Waals surface area contributed by atoms with Crippen LogP contribution in [0.5, 0.6) is 0 Å². The molecule has 2 aromatic rings. The largest absolute Gasteiger partial charge is 0.478 e. The third-order valence-corrected chi connectivity index (χ3v) is 2.64. The van der Waals surface area contributed by atoms with Crippen LogP contribution in [0.15, 0.2) is 53.2 Å². The van der Waals surface area contributed by atoms with Crippen molar-refractivity contribution < 1.29 is 14.3 Å². The molecule has 106 valence electrons. The number of benzene rings is 1. The molecule has 0 saturated carbocycles. The van der Waals surface area contributed by atoms with Gasteiger partial charge in [-0.15, -0.1) is 0 Å².